The molecule has 2 aliphatic heterocycles. The summed E-state index contributed by atoms with van der Waals surface area (Å²) in [5.41, 5.74) is 3.83. The molecule has 0 aliphatic carbocycles. The SMILES string of the molecule is CC1=C(C(=O)[O-])N2C(=O)[C@@H](NC(=O)CCC[C@@H]([NH3+])C(=O)[O-])[C@H]2SC1. The number of nitrogens with zero attached hydrogens (tertiary/aromatic N) is 1. The minimum Gasteiger partial charge on any atom is -0.544 e. The Morgan fingerprint density at radius 1 is 1.42 bits per heavy atom. The second kappa shape index (κ2) is 7.22. The lowest BCUT2D eigenvalue weighted by atomic mass is 10.0. The van der Waals surface area contributed by atoms with Gasteiger partial charge >= 0.3 is 0 Å². The lowest BCUT2D eigenvalue weighted by molar-refractivity contribution is -0.438. The quantitative estimate of drug-likeness (QED) is 0.439. The summed E-state index contributed by atoms with van der Waals surface area (Å²) in [4.78, 5) is 46.9. The predicted molar refractivity (Wildman–Crippen MR) is 78.3 cm³/mol. The molecule has 24 heavy (non-hydrogen) atoms. The zero-order chi connectivity index (χ0) is 18.0. The van der Waals surface area contributed by atoms with E-state index in [2.05, 4.69) is 11.1 Å². The van der Waals surface area contributed by atoms with E-state index in [9.17, 15) is 29.4 Å². The maximum atomic E-state index is 12.1. The van der Waals surface area contributed by atoms with Crippen molar-refractivity contribution in [2.75, 3.05) is 5.75 Å². The molecule has 9 nitrogen and oxygen atoms in total. The second-order valence-electron chi connectivity index (χ2n) is 5.78. The lowest BCUT2D eigenvalue weighted by Gasteiger charge is -2.50. The van der Waals surface area contributed by atoms with Gasteiger partial charge in [-0.2, -0.15) is 0 Å². The molecule has 0 aromatic rings. The Bertz CT molecular complexity index is 620. The number of carboxylic acid groups (broad SMARTS) is 2. The van der Waals surface area contributed by atoms with Crippen molar-refractivity contribution in [2.45, 2.75) is 43.6 Å². The van der Waals surface area contributed by atoms with Crippen molar-refractivity contribution in [3.8, 4) is 0 Å². The zero-order valence-electron chi connectivity index (χ0n) is 13.1. The van der Waals surface area contributed by atoms with Crippen LogP contribution in [0.4, 0.5) is 0 Å². The topological polar surface area (TPSA) is 157 Å². The highest BCUT2D eigenvalue weighted by atomic mass is 32.2. The fraction of sp³-hybridized carbons (Fsp3) is 0.571. The van der Waals surface area contributed by atoms with Crippen LogP contribution >= 0.6 is 11.8 Å². The first-order valence-corrected chi connectivity index (χ1v) is 8.48. The van der Waals surface area contributed by atoms with Gasteiger partial charge in [-0.25, -0.2) is 0 Å². The Kier molecular flexibility index (Phi) is 5.50. The number of aliphatic carboxylic acids is 2. The van der Waals surface area contributed by atoms with Crippen molar-refractivity contribution < 1.29 is 35.1 Å². The van der Waals surface area contributed by atoms with Crippen LogP contribution in [0.25, 0.3) is 0 Å². The van der Waals surface area contributed by atoms with Crippen molar-refractivity contribution in [1.29, 1.82) is 0 Å². The molecule has 0 bridgehead atoms. The van der Waals surface area contributed by atoms with Crippen LogP contribution in [-0.4, -0.2) is 51.9 Å². The van der Waals surface area contributed by atoms with Crippen molar-refractivity contribution in [2.24, 2.45) is 0 Å². The van der Waals surface area contributed by atoms with Crippen LogP contribution in [0.2, 0.25) is 0 Å². The monoisotopic (exact) mass is 356 g/mol. The summed E-state index contributed by atoms with van der Waals surface area (Å²) in [6.07, 6.45) is 0.567. The van der Waals surface area contributed by atoms with Gasteiger partial charge in [0.05, 0.1) is 17.6 Å². The summed E-state index contributed by atoms with van der Waals surface area (Å²) in [6, 6.07) is -1.66. The third-order valence-electron chi connectivity index (χ3n) is 3.96. The number of carbonyl (C=O) groups excluding carboxylic acids is 4. The molecule has 0 saturated carbocycles. The van der Waals surface area contributed by atoms with E-state index in [1.807, 2.05) is 0 Å². The summed E-state index contributed by atoms with van der Waals surface area (Å²) < 4.78 is 0. The fourth-order valence-corrected chi connectivity index (χ4v) is 3.93. The van der Waals surface area contributed by atoms with Gasteiger partial charge in [0.15, 0.2) is 0 Å². The van der Waals surface area contributed by atoms with Gasteiger partial charge in [-0.15, -0.1) is 11.8 Å². The van der Waals surface area contributed by atoms with Crippen LogP contribution in [0.3, 0.4) is 0 Å². The van der Waals surface area contributed by atoms with Gasteiger partial charge in [0.25, 0.3) is 5.91 Å². The van der Waals surface area contributed by atoms with Crippen LogP contribution in [0.1, 0.15) is 26.2 Å². The summed E-state index contributed by atoms with van der Waals surface area (Å²) in [5.74, 6) is -3.10. The van der Waals surface area contributed by atoms with Gasteiger partial charge in [0.1, 0.15) is 17.5 Å². The summed E-state index contributed by atoms with van der Waals surface area (Å²) in [6.45, 7) is 1.63. The van der Waals surface area contributed by atoms with Crippen LogP contribution in [-0.2, 0) is 19.2 Å². The number of rotatable bonds is 7. The first-order chi connectivity index (χ1) is 11.2. The number of quaternary nitrogens is 1. The van der Waals surface area contributed by atoms with Crippen molar-refractivity contribution in [3.05, 3.63) is 11.3 Å². The molecule has 2 aliphatic rings. The van der Waals surface area contributed by atoms with Crippen molar-refractivity contribution >= 4 is 35.5 Å². The minimum atomic E-state index is -1.40. The molecule has 0 aromatic carbocycles. The number of fused-ring (bicyclic) bond motifs is 1. The van der Waals surface area contributed by atoms with Crippen LogP contribution in [0, 0.1) is 0 Å². The van der Waals surface area contributed by atoms with E-state index in [4.69, 9.17) is 0 Å². The van der Waals surface area contributed by atoms with E-state index in [1.165, 1.54) is 11.8 Å². The summed E-state index contributed by atoms with van der Waals surface area (Å²) >= 11 is 1.37. The van der Waals surface area contributed by atoms with E-state index in [0.29, 0.717) is 17.7 Å². The number of hydrogen-bond acceptors (Lipinski definition) is 7. The number of thioether (sulfide) groups is 1. The van der Waals surface area contributed by atoms with Crippen molar-refractivity contribution in [1.82, 2.24) is 10.2 Å². The van der Waals surface area contributed by atoms with E-state index >= 15 is 0 Å². The van der Waals surface area contributed by atoms with E-state index < -0.39 is 35.3 Å². The van der Waals surface area contributed by atoms with Gasteiger partial charge in [-0.05, 0) is 18.9 Å². The Hall–Kier alpha value is -2.07. The molecule has 0 spiro atoms. The highest BCUT2D eigenvalue weighted by Crippen LogP contribution is 2.39. The standard InChI is InChI=1S/C14H19N3O6S/c1-6-5-24-12-9(11(19)17(12)10(6)14(22)23)16-8(18)4-2-3-7(15)13(20)21/h7,9,12H,2-5,15H2,1H3,(H,16,18)(H,20,21)(H,22,23)/p-1/t7-,9-,12-/m1/s1. The van der Waals surface area contributed by atoms with Gasteiger partial charge in [0, 0.05) is 18.6 Å². The maximum Gasteiger partial charge on any atom is 0.253 e. The number of carboxylic acids is 2. The average molecular weight is 356 g/mol. The molecule has 3 atom stereocenters. The van der Waals surface area contributed by atoms with Crippen LogP contribution in [0.15, 0.2) is 11.3 Å². The second-order valence-corrected chi connectivity index (χ2v) is 6.88. The Morgan fingerprint density at radius 2 is 2.08 bits per heavy atom. The highest BCUT2D eigenvalue weighted by Gasteiger charge is 2.52. The smallest absolute Gasteiger partial charge is 0.253 e. The number of hydrogen-bond donors (Lipinski definition) is 2. The average Bonchev–Trinajstić information content (AvgIpc) is 2.51. The molecule has 0 aromatic heterocycles. The molecule has 2 rings (SSSR count). The molecule has 1 fully saturated rings. The lowest BCUT2D eigenvalue weighted by Crippen LogP contribution is -2.71. The predicted octanol–water partition coefficient (Wildman–Crippen LogP) is -4.06. The van der Waals surface area contributed by atoms with Gasteiger partial charge < -0.3 is 30.9 Å². The Labute approximate surface area is 142 Å². The largest absolute Gasteiger partial charge is 0.544 e. The maximum absolute atomic E-state index is 12.1. The number of nitrogens with one attached hydrogen (secondary N) is 1. The van der Waals surface area contributed by atoms with Crippen LogP contribution in [0.5, 0.6) is 0 Å². The number of amides is 2. The summed E-state index contributed by atoms with van der Waals surface area (Å²) in [5, 5.41) is 23.8. The third-order valence-corrected chi connectivity index (χ3v) is 5.38. The van der Waals surface area contributed by atoms with Gasteiger partial charge in [-0.1, -0.05) is 0 Å². The minimum absolute atomic E-state index is 0.0582. The van der Waals surface area contributed by atoms with E-state index in [1.54, 1.807) is 6.92 Å². The first kappa shape index (κ1) is 18.3. The molecular weight excluding hydrogens is 338 g/mol. The molecule has 0 radical (unpaired) electrons. The Balaban J connectivity index is 1.88. The highest BCUT2D eigenvalue weighted by molar-refractivity contribution is 8.00. The van der Waals surface area contributed by atoms with Gasteiger partial charge in [-0.3, -0.25) is 14.5 Å². The Morgan fingerprint density at radius 3 is 2.67 bits per heavy atom. The molecular formula is C14H18N3O6S-. The molecule has 2 heterocycles. The first-order valence-electron chi connectivity index (χ1n) is 7.43. The normalized spacial score (nSPS) is 24.1. The molecule has 1 saturated heterocycles. The third kappa shape index (κ3) is 3.54. The summed E-state index contributed by atoms with van der Waals surface area (Å²) in [7, 11) is 0. The van der Waals surface area contributed by atoms with E-state index in [0.717, 1.165) is 4.90 Å². The van der Waals surface area contributed by atoms with Crippen LogP contribution < -0.4 is 21.3 Å². The molecule has 2 amide bonds. The van der Waals surface area contributed by atoms with E-state index in [-0.39, 0.29) is 24.4 Å². The molecule has 4 N–H and O–H groups in total. The molecule has 132 valence electrons. The van der Waals surface area contributed by atoms with Crippen molar-refractivity contribution in [3.63, 3.8) is 0 Å². The number of β-lactam (4-membered cyclic amide) rings is 1. The fourth-order valence-electron chi connectivity index (χ4n) is 2.63. The number of carbonyl (C=O) groups is 4. The zero-order valence-corrected chi connectivity index (χ0v) is 13.9. The molecule has 0 unspecified atom stereocenters. The molecule has 10 heteroatoms. The van der Waals surface area contributed by atoms with Gasteiger partial charge in [0.2, 0.25) is 5.91 Å².